The molecule has 0 aliphatic rings. The van der Waals surface area contributed by atoms with Crippen LogP contribution in [0.25, 0.3) is 0 Å². The Morgan fingerprint density at radius 1 is 0.848 bits per heavy atom. The molecule has 7 heteroatoms. The Kier molecular flexibility index (Phi) is 6.80. The number of carbonyl (C=O) groups is 2. The van der Waals surface area contributed by atoms with Crippen molar-refractivity contribution in [1.82, 2.24) is 9.78 Å². The fourth-order valence-corrected chi connectivity index (χ4v) is 3.23. The molecule has 166 valence electrons. The van der Waals surface area contributed by atoms with Crippen LogP contribution in [0.2, 0.25) is 0 Å². The summed E-state index contributed by atoms with van der Waals surface area (Å²) >= 11 is 0. The number of nitrogens with zero attached hydrogens (tertiary/aromatic N) is 2. The van der Waals surface area contributed by atoms with Gasteiger partial charge in [-0.3, -0.25) is 14.3 Å². The zero-order valence-corrected chi connectivity index (χ0v) is 18.2. The van der Waals surface area contributed by atoms with E-state index in [0.717, 1.165) is 11.3 Å². The van der Waals surface area contributed by atoms with Gasteiger partial charge >= 0.3 is 0 Å². The van der Waals surface area contributed by atoms with Crippen molar-refractivity contribution in [2.24, 2.45) is 7.05 Å². The molecule has 2 amide bonds. The van der Waals surface area contributed by atoms with E-state index in [4.69, 9.17) is 4.74 Å². The van der Waals surface area contributed by atoms with Crippen LogP contribution >= 0.6 is 0 Å². The van der Waals surface area contributed by atoms with Crippen molar-refractivity contribution in [3.8, 4) is 11.5 Å². The second kappa shape index (κ2) is 10.3. The highest BCUT2D eigenvalue weighted by Crippen LogP contribution is 2.23. The summed E-state index contributed by atoms with van der Waals surface area (Å²) in [6, 6.07) is 27.9. The van der Waals surface area contributed by atoms with Gasteiger partial charge in [0.05, 0.1) is 0 Å². The number of hydrogen-bond donors (Lipinski definition) is 2. The van der Waals surface area contributed by atoms with Gasteiger partial charge in [0.15, 0.2) is 5.69 Å². The van der Waals surface area contributed by atoms with E-state index in [9.17, 15) is 9.59 Å². The number of nitrogens with one attached hydrogen (secondary N) is 2. The molecule has 4 rings (SSSR count). The molecule has 0 bridgehead atoms. The van der Waals surface area contributed by atoms with Crippen molar-refractivity contribution in [2.45, 2.75) is 12.8 Å². The number of aryl methyl sites for hydroxylation is 2. The van der Waals surface area contributed by atoms with E-state index in [2.05, 4.69) is 15.7 Å². The number of para-hydroxylation sites is 1. The van der Waals surface area contributed by atoms with E-state index in [1.807, 2.05) is 60.7 Å². The first-order valence-electron chi connectivity index (χ1n) is 10.6. The third-order valence-electron chi connectivity index (χ3n) is 4.95. The van der Waals surface area contributed by atoms with Crippen LogP contribution in [-0.2, 0) is 18.3 Å². The molecule has 0 spiro atoms. The van der Waals surface area contributed by atoms with E-state index >= 15 is 0 Å². The molecular weight excluding hydrogens is 416 g/mol. The second-order valence-electron chi connectivity index (χ2n) is 7.47. The monoisotopic (exact) mass is 440 g/mol. The molecule has 1 heterocycles. The number of rotatable bonds is 8. The number of hydrogen-bond acceptors (Lipinski definition) is 4. The molecule has 0 saturated heterocycles. The van der Waals surface area contributed by atoms with Crippen LogP contribution in [0.5, 0.6) is 11.5 Å². The first-order valence-corrected chi connectivity index (χ1v) is 10.6. The van der Waals surface area contributed by atoms with Gasteiger partial charge in [0.1, 0.15) is 17.3 Å². The first kappa shape index (κ1) is 21.8. The third-order valence-corrected chi connectivity index (χ3v) is 4.95. The Morgan fingerprint density at radius 2 is 1.48 bits per heavy atom. The minimum absolute atomic E-state index is 0.136. The first-order chi connectivity index (χ1) is 16.1. The predicted octanol–water partition coefficient (Wildman–Crippen LogP) is 5.04. The van der Waals surface area contributed by atoms with Crippen molar-refractivity contribution in [2.75, 3.05) is 10.6 Å². The number of amides is 2. The Hall–Kier alpha value is -4.39. The summed E-state index contributed by atoms with van der Waals surface area (Å²) in [6.07, 6.45) is 0.982. The lowest BCUT2D eigenvalue weighted by Gasteiger charge is -2.07. The Morgan fingerprint density at radius 3 is 2.18 bits per heavy atom. The normalized spacial score (nSPS) is 10.5. The molecule has 0 aliphatic carbocycles. The van der Waals surface area contributed by atoms with Gasteiger partial charge < -0.3 is 15.4 Å². The molecule has 0 unspecified atom stereocenters. The van der Waals surface area contributed by atoms with E-state index in [1.54, 1.807) is 37.4 Å². The number of carbonyl (C=O) groups excluding carboxylic acids is 2. The molecule has 0 atom stereocenters. The van der Waals surface area contributed by atoms with E-state index in [0.29, 0.717) is 30.1 Å². The van der Waals surface area contributed by atoms with Gasteiger partial charge in [-0.2, -0.15) is 5.10 Å². The molecule has 2 N–H and O–H groups in total. The Labute approximate surface area is 192 Å². The lowest BCUT2D eigenvalue weighted by Crippen LogP contribution is -2.14. The smallest absolute Gasteiger partial charge is 0.276 e. The van der Waals surface area contributed by atoms with Gasteiger partial charge in [-0.1, -0.05) is 48.5 Å². The molecule has 0 fully saturated rings. The largest absolute Gasteiger partial charge is 0.457 e. The third kappa shape index (κ3) is 6.07. The molecular formula is C26H24N4O3. The molecule has 1 aromatic heterocycles. The SMILES string of the molecule is Cn1nc(C(=O)Nc2ccc(Oc3ccccc3)cc2)cc1NC(=O)CCc1ccccc1. The number of aromatic nitrogens is 2. The van der Waals surface area contributed by atoms with Gasteiger partial charge in [-0.05, 0) is 48.4 Å². The molecule has 33 heavy (non-hydrogen) atoms. The fraction of sp³-hybridized carbons (Fsp3) is 0.115. The summed E-state index contributed by atoms with van der Waals surface area (Å²) in [5, 5.41) is 9.84. The van der Waals surface area contributed by atoms with Crippen LogP contribution < -0.4 is 15.4 Å². The van der Waals surface area contributed by atoms with Gasteiger partial charge in [-0.15, -0.1) is 0 Å². The zero-order valence-electron chi connectivity index (χ0n) is 18.2. The lowest BCUT2D eigenvalue weighted by atomic mass is 10.1. The Bertz CT molecular complexity index is 1220. The maximum atomic E-state index is 12.6. The molecule has 4 aromatic rings. The average molecular weight is 441 g/mol. The van der Waals surface area contributed by atoms with Crippen molar-refractivity contribution >= 4 is 23.3 Å². The zero-order chi connectivity index (χ0) is 23.0. The van der Waals surface area contributed by atoms with Gasteiger partial charge in [0.25, 0.3) is 5.91 Å². The summed E-state index contributed by atoms with van der Waals surface area (Å²) in [6.45, 7) is 0. The molecule has 0 aliphatic heterocycles. The predicted molar refractivity (Wildman–Crippen MR) is 128 cm³/mol. The van der Waals surface area contributed by atoms with Crippen molar-refractivity contribution in [1.29, 1.82) is 0 Å². The van der Waals surface area contributed by atoms with E-state index in [-0.39, 0.29) is 17.5 Å². The highest BCUT2D eigenvalue weighted by atomic mass is 16.5. The number of anilines is 2. The summed E-state index contributed by atoms with van der Waals surface area (Å²) < 4.78 is 7.24. The highest BCUT2D eigenvalue weighted by molar-refractivity contribution is 6.04. The minimum atomic E-state index is -0.368. The highest BCUT2D eigenvalue weighted by Gasteiger charge is 2.15. The van der Waals surface area contributed by atoms with Crippen LogP contribution in [0.15, 0.2) is 91.0 Å². The van der Waals surface area contributed by atoms with Crippen LogP contribution in [-0.4, -0.2) is 21.6 Å². The van der Waals surface area contributed by atoms with Crippen molar-refractivity contribution in [3.63, 3.8) is 0 Å². The topological polar surface area (TPSA) is 85.2 Å². The maximum absolute atomic E-state index is 12.6. The molecule has 3 aromatic carbocycles. The second-order valence-corrected chi connectivity index (χ2v) is 7.47. The van der Waals surface area contributed by atoms with E-state index in [1.165, 1.54) is 4.68 Å². The molecule has 0 saturated carbocycles. The molecule has 7 nitrogen and oxygen atoms in total. The van der Waals surface area contributed by atoms with Gasteiger partial charge in [0.2, 0.25) is 5.91 Å². The fourth-order valence-electron chi connectivity index (χ4n) is 3.23. The van der Waals surface area contributed by atoms with E-state index < -0.39 is 0 Å². The van der Waals surface area contributed by atoms with Crippen molar-refractivity contribution < 1.29 is 14.3 Å². The van der Waals surface area contributed by atoms with Gasteiger partial charge in [0, 0.05) is 25.2 Å². The average Bonchev–Trinajstić information content (AvgIpc) is 3.20. The van der Waals surface area contributed by atoms with Gasteiger partial charge in [-0.25, -0.2) is 0 Å². The maximum Gasteiger partial charge on any atom is 0.276 e. The minimum Gasteiger partial charge on any atom is -0.457 e. The summed E-state index contributed by atoms with van der Waals surface area (Å²) in [7, 11) is 1.68. The van der Waals surface area contributed by atoms with Crippen LogP contribution in [0.3, 0.4) is 0 Å². The van der Waals surface area contributed by atoms with Crippen LogP contribution in [0.1, 0.15) is 22.5 Å². The summed E-state index contributed by atoms with van der Waals surface area (Å²) in [4.78, 5) is 24.9. The number of ether oxygens (including phenoxy) is 1. The summed E-state index contributed by atoms with van der Waals surface area (Å²) in [5.41, 5.74) is 1.91. The molecule has 0 radical (unpaired) electrons. The lowest BCUT2D eigenvalue weighted by molar-refractivity contribution is -0.116. The summed E-state index contributed by atoms with van der Waals surface area (Å²) in [5.74, 6) is 1.36. The number of benzene rings is 3. The van der Waals surface area contributed by atoms with Crippen LogP contribution in [0, 0.1) is 0 Å². The Balaban J connectivity index is 1.32. The van der Waals surface area contributed by atoms with Crippen molar-refractivity contribution in [3.05, 3.63) is 102 Å². The quantitative estimate of drug-likeness (QED) is 0.402. The van der Waals surface area contributed by atoms with Crippen LogP contribution in [0.4, 0.5) is 11.5 Å². The standard InChI is InChI=1S/C26H24N4O3/c1-30-24(28-25(31)17-12-19-8-4-2-5-9-19)18-23(29-30)26(32)27-20-13-15-22(16-14-20)33-21-10-6-3-7-11-21/h2-11,13-16,18H,12,17H2,1H3,(H,27,32)(H,28,31).